The van der Waals surface area contributed by atoms with Crippen molar-refractivity contribution >= 4 is 11.9 Å². The minimum absolute atomic E-state index is 0.109. The first-order chi connectivity index (χ1) is 11.4. The van der Waals surface area contributed by atoms with Gasteiger partial charge in [-0.15, -0.1) is 0 Å². The van der Waals surface area contributed by atoms with Crippen LogP contribution in [-0.4, -0.2) is 38.3 Å². The Bertz CT molecular complexity index is 721. The van der Waals surface area contributed by atoms with Crippen molar-refractivity contribution in [2.45, 2.75) is 33.6 Å². The molecule has 0 spiro atoms. The molecule has 0 saturated heterocycles. The zero-order valence-corrected chi connectivity index (χ0v) is 14.1. The van der Waals surface area contributed by atoms with E-state index >= 15 is 0 Å². The predicted molar refractivity (Wildman–Crippen MR) is 89.1 cm³/mol. The van der Waals surface area contributed by atoms with Gasteiger partial charge in [0.25, 0.3) is 5.91 Å². The molecule has 128 valence electrons. The highest BCUT2D eigenvalue weighted by Gasteiger charge is 2.35. The number of aliphatic carboxylic acids is 1. The van der Waals surface area contributed by atoms with E-state index in [0.29, 0.717) is 18.4 Å². The number of carbonyl (C=O) groups excluding carboxylic acids is 1. The summed E-state index contributed by atoms with van der Waals surface area (Å²) in [4.78, 5) is 27.8. The number of benzene rings is 1. The lowest BCUT2D eigenvalue weighted by atomic mass is 9.82. The number of amides is 1. The zero-order chi connectivity index (χ0) is 17.7. The number of carboxylic acids is 1. The van der Waals surface area contributed by atoms with Gasteiger partial charge >= 0.3 is 5.97 Å². The Morgan fingerprint density at radius 2 is 2.00 bits per heavy atom. The van der Waals surface area contributed by atoms with Crippen LogP contribution in [0.4, 0.5) is 0 Å². The molecule has 2 N–H and O–H groups in total. The molecule has 0 radical (unpaired) electrons. The second-order valence-electron chi connectivity index (χ2n) is 5.82. The largest absolute Gasteiger partial charge is 0.481 e. The van der Waals surface area contributed by atoms with Gasteiger partial charge in [0.1, 0.15) is 12.7 Å². The number of nitrogens with one attached hydrogen (secondary N) is 1. The van der Waals surface area contributed by atoms with Gasteiger partial charge in [0.05, 0.1) is 11.1 Å². The molecule has 2 aromatic rings. The Labute approximate surface area is 140 Å². The summed E-state index contributed by atoms with van der Waals surface area (Å²) in [6.07, 6.45) is 3.96. The highest BCUT2D eigenvalue weighted by atomic mass is 16.4. The molecule has 0 bridgehead atoms. The number of hydrogen-bond acceptors (Lipinski definition) is 4. The van der Waals surface area contributed by atoms with Gasteiger partial charge in [-0.05, 0) is 43.5 Å². The standard InChI is InChI=1S/C17H22N4O3/c1-4-17(5-2,16(23)24)9-19-15(22)13-6-7-14(12(3)8-13)21-11-18-10-20-21/h6-8,10-11H,4-5,9H2,1-3H3,(H,19,22)(H,23,24). The molecular formula is C17H22N4O3. The van der Waals surface area contributed by atoms with Crippen molar-refractivity contribution in [3.8, 4) is 5.69 Å². The molecule has 7 nitrogen and oxygen atoms in total. The quantitative estimate of drug-likeness (QED) is 0.811. The third-order valence-electron chi connectivity index (χ3n) is 4.52. The van der Waals surface area contributed by atoms with E-state index in [1.165, 1.54) is 6.33 Å². The van der Waals surface area contributed by atoms with E-state index in [2.05, 4.69) is 15.4 Å². The third-order valence-corrected chi connectivity index (χ3v) is 4.52. The molecular weight excluding hydrogens is 308 g/mol. The number of aromatic nitrogens is 3. The summed E-state index contributed by atoms with van der Waals surface area (Å²) >= 11 is 0. The first-order valence-electron chi connectivity index (χ1n) is 7.90. The molecule has 7 heteroatoms. The molecule has 2 rings (SSSR count). The summed E-state index contributed by atoms with van der Waals surface area (Å²) in [6, 6.07) is 5.25. The fourth-order valence-corrected chi connectivity index (χ4v) is 2.62. The van der Waals surface area contributed by atoms with Gasteiger partial charge in [0.2, 0.25) is 0 Å². The molecule has 0 atom stereocenters. The molecule has 1 aromatic carbocycles. The monoisotopic (exact) mass is 330 g/mol. The van der Waals surface area contributed by atoms with Crippen LogP contribution in [0.3, 0.4) is 0 Å². The maximum Gasteiger partial charge on any atom is 0.311 e. The number of nitrogens with zero attached hydrogens (tertiary/aromatic N) is 3. The van der Waals surface area contributed by atoms with Crippen LogP contribution in [0.15, 0.2) is 30.9 Å². The van der Waals surface area contributed by atoms with E-state index < -0.39 is 11.4 Å². The first kappa shape index (κ1) is 17.7. The van der Waals surface area contributed by atoms with Gasteiger partial charge in [0, 0.05) is 12.1 Å². The highest BCUT2D eigenvalue weighted by molar-refractivity contribution is 5.95. The van der Waals surface area contributed by atoms with E-state index in [0.717, 1.165) is 11.3 Å². The van der Waals surface area contributed by atoms with Crippen LogP contribution in [0.25, 0.3) is 5.69 Å². The van der Waals surface area contributed by atoms with Crippen LogP contribution in [-0.2, 0) is 4.79 Å². The summed E-state index contributed by atoms with van der Waals surface area (Å²) in [6.45, 7) is 5.63. The maximum atomic E-state index is 12.4. The molecule has 24 heavy (non-hydrogen) atoms. The lowest BCUT2D eigenvalue weighted by Crippen LogP contribution is -2.42. The van der Waals surface area contributed by atoms with Crippen molar-refractivity contribution in [3.05, 3.63) is 42.0 Å². The van der Waals surface area contributed by atoms with Crippen molar-refractivity contribution < 1.29 is 14.7 Å². The summed E-state index contributed by atoms with van der Waals surface area (Å²) in [7, 11) is 0. The second kappa shape index (κ2) is 7.25. The third kappa shape index (κ3) is 3.45. The number of carbonyl (C=O) groups is 2. The molecule has 0 saturated carbocycles. The molecule has 1 heterocycles. The smallest absolute Gasteiger partial charge is 0.311 e. The Morgan fingerprint density at radius 1 is 1.29 bits per heavy atom. The first-order valence-corrected chi connectivity index (χ1v) is 7.90. The Hall–Kier alpha value is -2.70. The van der Waals surface area contributed by atoms with E-state index in [4.69, 9.17) is 0 Å². The van der Waals surface area contributed by atoms with Gasteiger partial charge in [-0.3, -0.25) is 9.59 Å². The molecule has 1 aromatic heterocycles. The van der Waals surface area contributed by atoms with Crippen LogP contribution in [0.5, 0.6) is 0 Å². The highest BCUT2D eigenvalue weighted by Crippen LogP contribution is 2.26. The number of aryl methyl sites for hydroxylation is 1. The molecule has 0 aliphatic heterocycles. The Kier molecular flexibility index (Phi) is 5.33. The van der Waals surface area contributed by atoms with Crippen LogP contribution >= 0.6 is 0 Å². The van der Waals surface area contributed by atoms with Crippen LogP contribution < -0.4 is 5.32 Å². The predicted octanol–water partition coefficient (Wildman–Crippen LogP) is 2.20. The van der Waals surface area contributed by atoms with Crippen LogP contribution in [0.1, 0.15) is 42.6 Å². The number of hydrogen-bond donors (Lipinski definition) is 2. The second-order valence-corrected chi connectivity index (χ2v) is 5.82. The minimum Gasteiger partial charge on any atom is -0.481 e. The van der Waals surface area contributed by atoms with E-state index in [9.17, 15) is 14.7 Å². The lowest BCUT2D eigenvalue weighted by molar-refractivity contribution is -0.149. The summed E-state index contributed by atoms with van der Waals surface area (Å²) in [5.41, 5.74) is 1.28. The minimum atomic E-state index is -0.925. The average molecular weight is 330 g/mol. The lowest BCUT2D eigenvalue weighted by Gasteiger charge is -2.26. The SMILES string of the molecule is CCC(CC)(CNC(=O)c1ccc(-n2cncn2)c(C)c1)C(=O)O. The fourth-order valence-electron chi connectivity index (χ4n) is 2.62. The zero-order valence-electron chi connectivity index (χ0n) is 14.1. The van der Waals surface area contributed by atoms with E-state index in [-0.39, 0.29) is 12.5 Å². The van der Waals surface area contributed by atoms with Gasteiger partial charge in [-0.25, -0.2) is 9.67 Å². The van der Waals surface area contributed by atoms with Crippen molar-refractivity contribution in [2.24, 2.45) is 5.41 Å². The van der Waals surface area contributed by atoms with E-state index in [1.54, 1.807) is 29.2 Å². The number of carboxylic acid groups (broad SMARTS) is 1. The van der Waals surface area contributed by atoms with E-state index in [1.807, 2.05) is 20.8 Å². The van der Waals surface area contributed by atoms with Crippen molar-refractivity contribution in [1.29, 1.82) is 0 Å². The normalized spacial score (nSPS) is 11.3. The van der Waals surface area contributed by atoms with Gasteiger partial charge in [-0.1, -0.05) is 13.8 Å². The average Bonchev–Trinajstić information content (AvgIpc) is 3.09. The van der Waals surface area contributed by atoms with Crippen molar-refractivity contribution in [3.63, 3.8) is 0 Å². The Morgan fingerprint density at radius 3 is 2.50 bits per heavy atom. The van der Waals surface area contributed by atoms with Gasteiger partial charge < -0.3 is 10.4 Å². The van der Waals surface area contributed by atoms with Crippen molar-refractivity contribution in [2.75, 3.05) is 6.54 Å². The Balaban J connectivity index is 2.13. The molecule has 0 fully saturated rings. The summed E-state index contributed by atoms with van der Waals surface area (Å²) in [5.74, 6) is -1.17. The molecule has 0 unspecified atom stereocenters. The van der Waals surface area contributed by atoms with Crippen LogP contribution in [0, 0.1) is 12.3 Å². The summed E-state index contributed by atoms with van der Waals surface area (Å²) < 4.78 is 1.63. The van der Waals surface area contributed by atoms with Crippen LogP contribution in [0.2, 0.25) is 0 Å². The molecule has 1 amide bonds. The summed E-state index contributed by atoms with van der Waals surface area (Å²) in [5, 5.41) is 16.2. The van der Waals surface area contributed by atoms with Gasteiger partial charge in [0.15, 0.2) is 0 Å². The molecule has 0 aliphatic carbocycles. The number of rotatable bonds is 7. The maximum absolute atomic E-state index is 12.4. The van der Waals surface area contributed by atoms with Gasteiger partial charge in [-0.2, -0.15) is 5.10 Å². The topological polar surface area (TPSA) is 97.1 Å². The molecule has 0 aliphatic rings. The van der Waals surface area contributed by atoms with Crippen molar-refractivity contribution in [1.82, 2.24) is 20.1 Å². The fraction of sp³-hybridized carbons (Fsp3) is 0.412.